The van der Waals surface area contributed by atoms with Crippen molar-refractivity contribution in [2.75, 3.05) is 25.4 Å². The molecule has 0 bridgehead atoms. The second-order valence-corrected chi connectivity index (χ2v) is 9.26. The van der Waals surface area contributed by atoms with Crippen molar-refractivity contribution >= 4 is 58.1 Å². The van der Waals surface area contributed by atoms with Gasteiger partial charge in [-0.3, -0.25) is 19.5 Å². The maximum Gasteiger partial charge on any atom is 0.353 e. The molecule has 15 nitrogen and oxygen atoms in total. The van der Waals surface area contributed by atoms with Crippen LogP contribution in [0.2, 0.25) is 0 Å². The van der Waals surface area contributed by atoms with Crippen molar-refractivity contribution in [2.24, 2.45) is 15.2 Å². The summed E-state index contributed by atoms with van der Waals surface area (Å²) in [5, 5.41) is 19.4. The number of carbonyl (C=O) groups is 3. The fourth-order valence-corrected chi connectivity index (χ4v) is 5.40. The van der Waals surface area contributed by atoms with Gasteiger partial charge in [0.1, 0.15) is 17.1 Å². The molecule has 4 N–H and O–H groups in total. The number of imidazole rings is 1. The molecule has 0 radical (unpaired) electrons. The van der Waals surface area contributed by atoms with Gasteiger partial charge in [0.2, 0.25) is 17.2 Å². The second kappa shape index (κ2) is 10.9. The molecule has 18 heteroatoms. The third-order valence-corrected chi connectivity index (χ3v) is 7.13. The van der Waals surface area contributed by atoms with Crippen LogP contribution in [0.4, 0.5) is 9.52 Å². The largest absolute Gasteiger partial charge is 0.477 e. The number of oxime groups is 1. The van der Waals surface area contributed by atoms with Crippen LogP contribution in [0.5, 0.6) is 0 Å². The molecular weight excluding hydrogens is 531 g/mol. The summed E-state index contributed by atoms with van der Waals surface area (Å²) in [6.45, 7) is 1.31. The van der Waals surface area contributed by atoms with E-state index in [2.05, 4.69) is 34.8 Å². The van der Waals surface area contributed by atoms with Crippen molar-refractivity contribution in [1.29, 1.82) is 0 Å². The first-order valence-electron chi connectivity index (χ1n) is 10.6. The number of aromatic nitrogens is 4. The van der Waals surface area contributed by atoms with Crippen LogP contribution in [0, 0.1) is 0 Å². The summed E-state index contributed by atoms with van der Waals surface area (Å²) in [7, 11) is 1.61. The van der Waals surface area contributed by atoms with Crippen LogP contribution in [-0.2, 0) is 25.8 Å². The summed E-state index contributed by atoms with van der Waals surface area (Å²) in [5.74, 6) is -2.88. The molecule has 2 aliphatic rings. The fraction of sp³-hybridized carbons (Fsp3) is 0.368. The third kappa shape index (κ3) is 4.96. The van der Waals surface area contributed by atoms with Crippen molar-refractivity contribution in [1.82, 2.24) is 28.8 Å². The van der Waals surface area contributed by atoms with Crippen molar-refractivity contribution in [3.63, 3.8) is 0 Å². The quantitative estimate of drug-likeness (QED) is 0.203. The number of hydrogen-bond acceptors (Lipinski definition) is 12. The van der Waals surface area contributed by atoms with E-state index in [1.165, 1.54) is 22.7 Å². The molecule has 0 saturated carbocycles. The van der Waals surface area contributed by atoms with Crippen molar-refractivity contribution in [3.05, 3.63) is 35.1 Å². The Hall–Kier alpha value is -4.06. The van der Waals surface area contributed by atoms with Gasteiger partial charge in [0.05, 0.1) is 6.21 Å². The van der Waals surface area contributed by atoms with Crippen LogP contribution in [0.3, 0.4) is 0 Å². The molecule has 196 valence electrons. The molecule has 0 aliphatic carbocycles. The lowest BCUT2D eigenvalue weighted by molar-refractivity contribution is -0.150. The molecule has 4 heterocycles. The Morgan fingerprint density at radius 1 is 1.43 bits per heavy atom. The molecule has 2 atom stereocenters. The Morgan fingerprint density at radius 2 is 2.22 bits per heavy atom. The zero-order valence-electron chi connectivity index (χ0n) is 19.4. The maximum atomic E-state index is 12.9. The lowest BCUT2D eigenvalue weighted by Gasteiger charge is -2.49. The molecule has 37 heavy (non-hydrogen) atoms. The van der Waals surface area contributed by atoms with Gasteiger partial charge in [0, 0.05) is 48.8 Å². The van der Waals surface area contributed by atoms with E-state index in [1.54, 1.807) is 19.4 Å². The number of carboxylic acid groups (broad SMARTS) is 1. The highest BCUT2D eigenvalue weighted by atomic mass is 32.2. The van der Waals surface area contributed by atoms with Crippen LogP contribution in [0.25, 0.3) is 0 Å². The van der Waals surface area contributed by atoms with Crippen LogP contribution >= 0.6 is 23.3 Å². The van der Waals surface area contributed by atoms with Gasteiger partial charge >= 0.3 is 5.97 Å². The van der Waals surface area contributed by atoms with E-state index in [0.717, 1.165) is 16.4 Å². The zero-order chi connectivity index (χ0) is 26.7. The minimum absolute atomic E-state index is 0.0408. The standard InChI is InChI=1S/C19H21FN10O5S2/c1-3-28-4-5-29(19(28)22-2)23-6-9-7-36-16-11(15(32)30(16)12(9)17(33)34)24-14(31)10(26-35-8-20)13-25-18(21)37-27-13/h4-6,11,16H,3,7-8H2,1-2H3,(H,24,31)(H,33,34)(H2,21,25,27). The number of anilines is 1. The van der Waals surface area contributed by atoms with Crippen molar-refractivity contribution < 1.29 is 28.7 Å². The number of aryl methyl sites for hydroxylation is 1. The molecule has 2 aromatic heterocycles. The SMILES string of the molecule is CCn1ccn(N=CC2=C(C(=O)O)N3C(=O)C(NC(=O)C(=NOCF)c4nsc(N)n4)C3SC2)c1=NC. The predicted octanol–water partition coefficient (Wildman–Crippen LogP) is -0.806. The van der Waals surface area contributed by atoms with Crippen LogP contribution < -0.4 is 16.7 Å². The summed E-state index contributed by atoms with van der Waals surface area (Å²) in [6, 6.07) is -1.07. The Morgan fingerprint density at radius 3 is 2.84 bits per heavy atom. The average Bonchev–Trinajstić information content (AvgIpc) is 3.50. The number of nitrogens with zero attached hydrogens (tertiary/aromatic N) is 8. The number of nitrogen functional groups attached to an aromatic ring is 1. The lowest BCUT2D eigenvalue weighted by atomic mass is 10.0. The topological polar surface area (TPSA) is 195 Å². The van der Waals surface area contributed by atoms with Crippen LogP contribution in [0.1, 0.15) is 12.7 Å². The van der Waals surface area contributed by atoms with Gasteiger partial charge < -0.3 is 25.6 Å². The van der Waals surface area contributed by atoms with Gasteiger partial charge in [-0.25, -0.2) is 13.9 Å². The molecular formula is C19H21FN10O5S2. The normalized spacial score (nSPS) is 20.3. The zero-order valence-corrected chi connectivity index (χ0v) is 21.1. The first-order valence-corrected chi connectivity index (χ1v) is 12.4. The molecule has 0 spiro atoms. The predicted molar refractivity (Wildman–Crippen MR) is 131 cm³/mol. The molecule has 2 aromatic rings. The number of aliphatic carboxylic acids is 1. The van der Waals surface area contributed by atoms with Gasteiger partial charge in [-0.2, -0.15) is 14.5 Å². The number of nitrogens with one attached hydrogen (secondary N) is 1. The first kappa shape index (κ1) is 26.0. The summed E-state index contributed by atoms with van der Waals surface area (Å²) < 4.78 is 19.7. The number of carboxylic acids is 1. The number of thioether (sulfide) groups is 1. The monoisotopic (exact) mass is 552 g/mol. The van der Waals surface area contributed by atoms with Crippen LogP contribution in [-0.4, -0.2) is 89.4 Å². The minimum Gasteiger partial charge on any atom is -0.477 e. The van der Waals surface area contributed by atoms with E-state index in [0.29, 0.717) is 17.7 Å². The van der Waals surface area contributed by atoms with E-state index >= 15 is 0 Å². The van der Waals surface area contributed by atoms with E-state index < -0.39 is 41.8 Å². The van der Waals surface area contributed by atoms with E-state index in [-0.39, 0.29) is 22.4 Å². The van der Waals surface area contributed by atoms with Gasteiger partial charge in [-0.15, -0.1) is 11.8 Å². The summed E-state index contributed by atoms with van der Waals surface area (Å²) in [6.07, 6.45) is 4.84. The van der Waals surface area contributed by atoms with Gasteiger partial charge in [0.25, 0.3) is 18.7 Å². The summed E-state index contributed by atoms with van der Waals surface area (Å²) in [5.41, 5.74) is 5.69. The number of fused-ring (bicyclic) bond motifs is 1. The highest BCUT2D eigenvalue weighted by Gasteiger charge is 2.54. The Bertz CT molecular complexity index is 1390. The van der Waals surface area contributed by atoms with E-state index in [9.17, 15) is 23.9 Å². The number of amides is 2. The average molecular weight is 553 g/mol. The third-order valence-electron chi connectivity index (χ3n) is 5.29. The maximum absolute atomic E-state index is 12.9. The number of nitrogens with two attached hydrogens (primary N) is 1. The molecule has 0 aromatic carbocycles. The van der Waals surface area contributed by atoms with Gasteiger partial charge in [-0.1, -0.05) is 5.16 Å². The fourth-order valence-electron chi connectivity index (χ4n) is 3.66. The summed E-state index contributed by atoms with van der Waals surface area (Å²) in [4.78, 5) is 51.3. The number of β-lactam (4-membered cyclic amide) rings is 1. The lowest BCUT2D eigenvalue weighted by Crippen LogP contribution is -2.71. The molecule has 1 fully saturated rings. The molecule has 1 saturated heterocycles. The van der Waals surface area contributed by atoms with Crippen molar-refractivity contribution in [2.45, 2.75) is 24.9 Å². The Kier molecular flexibility index (Phi) is 7.67. The molecule has 2 amide bonds. The highest BCUT2D eigenvalue weighted by Crippen LogP contribution is 2.40. The Balaban J connectivity index is 1.55. The van der Waals surface area contributed by atoms with E-state index in [4.69, 9.17) is 5.73 Å². The second-order valence-electron chi connectivity index (χ2n) is 7.37. The molecule has 4 rings (SSSR count). The molecule has 2 unspecified atom stereocenters. The summed E-state index contributed by atoms with van der Waals surface area (Å²) >= 11 is 2.03. The van der Waals surface area contributed by atoms with Gasteiger partial charge in [-0.05, 0) is 6.92 Å². The smallest absolute Gasteiger partial charge is 0.353 e. The minimum atomic E-state index is -1.32. The highest BCUT2D eigenvalue weighted by molar-refractivity contribution is 8.00. The van der Waals surface area contributed by atoms with Gasteiger partial charge in [0.15, 0.2) is 5.13 Å². The number of hydrogen-bond donors (Lipinski definition) is 3. The van der Waals surface area contributed by atoms with Crippen LogP contribution in [0.15, 0.2) is 38.9 Å². The molecule has 2 aliphatic heterocycles. The number of carbonyl (C=O) groups excluding carboxylic acids is 2. The first-order chi connectivity index (χ1) is 17.8. The Labute approximate surface area is 216 Å². The number of alkyl halides is 1. The van der Waals surface area contributed by atoms with Crippen molar-refractivity contribution in [3.8, 4) is 0 Å². The number of rotatable bonds is 9. The van der Waals surface area contributed by atoms with E-state index in [1.807, 2.05) is 11.5 Å². The number of halogens is 1.